The van der Waals surface area contributed by atoms with Crippen molar-refractivity contribution >= 4 is 11.8 Å². The van der Waals surface area contributed by atoms with E-state index in [0.29, 0.717) is 5.16 Å². The number of rotatable bonds is 7. The fourth-order valence-electron chi connectivity index (χ4n) is 1.64. The van der Waals surface area contributed by atoms with Gasteiger partial charge >= 0.3 is 0 Å². The Bertz CT molecular complexity index is 462. The lowest BCUT2D eigenvalue weighted by Crippen LogP contribution is -2.40. The molecule has 6 heteroatoms. The van der Waals surface area contributed by atoms with Crippen LogP contribution in [0.25, 0.3) is 0 Å². The molecular weight excluding hydrogens is 248 g/mol. The molecule has 0 amide bonds. The van der Waals surface area contributed by atoms with Crippen molar-refractivity contribution in [3.05, 3.63) is 22.6 Å². The molecule has 0 fully saturated rings. The number of H-pyrrole nitrogens is 1. The molecule has 0 aliphatic rings. The van der Waals surface area contributed by atoms with Crippen molar-refractivity contribution in [3.63, 3.8) is 0 Å². The third-order valence-corrected chi connectivity index (χ3v) is 3.90. The van der Waals surface area contributed by atoms with Gasteiger partial charge in [0, 0.05) is 18.0 Å². The molecule has 0 aromatic carbocycles. The first-order valence-corrected chi connectivity index (χ1v) is 6.92. The summed E-state index contributed by atoms with van der Waals surface area (Å²) in [5, 5.41) is 12.9. The van der Waals surface area contributed by atoms with Crippen LogP contribution in [0, 0.1) is 11.3 Å². The molecule has 98 valence electrons. The van der Waals surface area contributed by atoms with Gasteiger partial charge in [-0.15, -0.1) is 0 Å². The summed E-state index contributed by atoms with van der Waals surface area (Å²) < 4.78 is 0. The average molecular weight is 266 g/mol. The highest BCUT2D eigenvalue weighted by molar-refractivity contribution is 7.99. The number of hydrogen-bond donors (Lipinski definition) is 2. The molecular formula is C12H18N4OS. The third kappa shape index (κ3) is 4.17. The lowest BCUT2D eigenvalue weighted by molar-refractivity contribution is 0.400. The molecule has 1 aromatic heterocycles. The quantitative estimate of drug-likeness (QED) is 0.444. The van der Waals surface area contributed by atoms with E-state index in [1.54, 1.807) is 0 Å². The lowest BCUT2D eigenvalue weighted by Gasteiger charge is -2.24. The molecule has 1 heterocycles. The van der Waals surface area contributed by atoms with Gasteiger partial charge in [-0.2, -0.15) is 5.26 Å². The highest BCUT2D eigenvalue weighted by atomic mass is 32.2. The zero-order valence-corrected chi connectivity index (χ0v) is 11.5. The Hall–Kier alpha value is -1.32. The van der Waals surface area contributed by atoms with Gasteiger partial charge in [-0.05, 0) is 26.3 Å². The molecule has 0 aliphatic carbocycles. The maximum atomic E-state index is 11.1. The second kappa shape index (κ2) is 7.19. The van der Waals surface area contributed by atoms with Crippen LogP contribution >= 0.6 is 11.8 Å². The minimum atomic E-state index is -0.432. The summed E-state index contributed by atoms with van der Waals surface area (Å²) in [7, 11) is 1.82. The fraction of sp³-hybridized carbons (Fsp3) is 0.583. The van der Waals surface area contributed by atoms with E-state index in [1.807, 2.05) is 14.0 Å². The molecule has 0 bridgehead atoms. The summed E-state index contributed by atoms with van der Waals surface area (Å²) in [6, 6.07) is 3.72. The van der Waals surface area contributed by atoms with Crippen LogP contribution < -0.4 is 10.9 Å². The maximum absolute atomic E-state index is 11.1. The highest BCUT2D eigenvalue weighted by Gasteiger charge is 2.24. The molecule has 1 atom stereocenters. The fourth-order valence-corrected chi connectivity index (χ4v) is 2.43. The van der Waals surface area contributed by atoms with Crippen molar-refractivity contribution in [3.8, 4) is 6.07 Å². The van der Waals surface area contributed by atoms with Crippen LogP contribution in [0.1, 0.15) is 26.2 Å². The van der Waals surface area contributed by atoms with E-state index in [-0.39, 0.29) is 5.56 Å². The van der Waals surface area contributed by atoms with E-state index in [4.69, 9.17) is 5.26 Å². The number of nitriles is 1. The van der Waals surface area contributed by atoms with Crippen molar-refractivity contribution < 1.29 is 0 Å². The van der Waals surface area contributed by atoms with Gasteiger partial charge in [-0.1, -0.05) is 18.7 Å². The number of nitrogens with zero attached hydrogens (tertiary/aromatic N) is 2. The third-order valence-electron chi connectivity index (χ3n) is 2.93. The summed E-state index contributed by atoms with van der Waals surface area (Å²) in [6.45, 7) is 2.00. The Kier molecular flexibility index (Phi) is 5.89. The Morgan fingerprint density at radius 1 is 1.67 bits per heavy atom. The largest absolute Gasteiger partial charge is 0.302 e. The van der Waals surface area contributed by atoms with Crippen molar-refractivity contribution in [2.45, 2.75) is 36.9 Å². The first-order valence-electron chi connectivity index (χ1n) is 5.94. The molecule has 1 rings (SSSR count). The minimum absolute atomic E-state index is 0.136. The summed E-state index contributed by atoms with van der Waals surface area (Å²) in [5.41, 5.74) is -0.569. The number of thioether (sulfide) groups is 1. The zero-order chi connectivity index (χ0) is 13.4. The van der Waals surface area contributed by atoms with Gasteiger partial charge < -0.3 is 10.3 Å². The number of aromatic nitrogens is 2. The molecule has 0 saturated carbocycles. The molecule has 1 unspecified atom stereocenters. The van der Waals surface area contributed by atoms with Crippen LogP contribution in [0.2, 0.25) is 0 Å². The second-order valence-electron chi connectivity index (χ2n) is 3.99. The first-order chi connectivity index (χ1) is 8.65. The Balaban J connectivity index is 2.39. The minimum Gasteiger partial charge on any atom is -0.302 e. The Morgan fingerprint density at radius 3 is 3.00 bits per heavy atom. The topological polar surface area (TPSA) is 81.6 Å². The number of aromatic amines is 1. The van der Waals surface area contributed by atoms with Gasteiger partial charge in [-0.3, -0.25) is 4.79 Å². The molecule has 0 radical (unpaired) electrons. The van der Waals surface area contributed by atoms with Crippen LogP contribution in [-0.2, 0) is 0 Å². The molecule has 0 saturated heterocycles. The van der Waals surface area contributed by atoms with E-state index in [2.05, 4.69) is 21.4 Å². The van der Waals surface area contributed by atoms with E-state index in [0.717, 1.165) is 25.0 Å². The number of nitrogens with one attached hydrogen (secondary N) is 2. The second-order valence-corrected chi connectivity index (χ2v) is 5.07. The van der Waals surface area contributed by atoms with E-state index >= 15 is 0 Å². The number of hydrogen-bond acceptors (Lipinski definition) is 5. The molecule has 0 spiro atoms. The van der Waals surface area contributed by atoms with Gasteiger partial charge in [0.15, 0.2) is 5.16 Å². The molecule has 5 nitrogen and oxygen atoms in total. The first kappa shape index (κ1) is 14.7. The van der Waals surface area contributed by atoms with E-state index in [1.165, 1.54) is 24.0 Å². The normalized spacial score (nSPS) is 13.8. The Morgan fingerprint density at radius 2 is 2.44 bits per heavy atom. The zero-order valence-electron chi connectivity index (χ0n) is 10.7. The van der Waals surface area contributed by atoms with Gasteiger partial charge in [0.05, 0.1) is 6.07 Å². The maximum Gasteiger partial charge on any atom is 0.251 e. The van der Waals surface area contributed by atoms with Crippen LogP contribution in [0.4, 0.5) is 0 Å². The smallest absolute Gasteiger partial charge is 0.251 e. The standard InChI is InChI=1S/C12H18N4OS/c1-3-12(9-13,14-2)6-4-8-18-11-15-7-5-10(17)16-11/h5,7,14H,3-4,6,8H2,1-2H3,(H,15,16,17). The summed E-state index contributed by atoms with van der Waals surface area (Å²) in [6.07, 6.45) is 3.97. The highest BCUT2D eigenvalue weighted by Crippen LogP contribution is 2.19. The van der Waals surface area contributed by atoms with Gasteiger partial charge in [0.25, 0.3) is 5.56 Å². The summed E-state index contributed by atoms with van der Waals surface area (Å²) in [5.74, 6) is 0.831. The van der Waals surface area contributed by atoms with Crippen molar-refractivity contribution in [2.75, 3.05) is 12.8 Å². The average Bonchev–Trinajstić information content (AvgIpc) is 2.40. The lowest BCUT2D eigenvalue weighted by atomic mass is 9.93. The van der Waals surface area contributed by atoms with Crippen molar-refractivity contribution in [1.29, 1.82) is 5.26 Å². The van der Waals surface area contributed by atoms with E-state index in [9.17, 15) is 4.79 Å². The SMILES string of the molecule is CCC(C#N)(CCCSc1nccc(=O)[nH]1)NC. The van der Waals surface area contributed by atoms with Crippen LogP contribution in [0.5, 0.6) is 0 Å². The molecule has 18 heavy (non-hydrogen) atoms. The predicted octanol–water partition coefficient (Wildman–Crippen LogP) is 1.53. The molecule has 0 aliphatic heterocycles. The Labute approximate surface area is 111 Å². The molecule has 1 aromatic rings. The summed E-state index contributed by atoms with van der Waals surface area (Å²) in [4.78, 5) is 17.8. The van der Waals surface area contributed by atoms with Gasteiger partial charge in [0.1, 0.15) is 5.54 Å². The van der Waals surface area contributed by atoms with Crippen molar-refractivity contribution in [2.24, 2.45) is 0 Å². The van der Waals surface area contributed by atoms with Gasteiger partial charge in [0.2, 0.25) is 0 Å². The molecule has 2 N–H and O–H groups in total. The van der Waals surface area contributed by atoms with Crippen molar-refractivity contribution in [1.82, 2.24) is 15.3 Å². The van der Waals surface area contributed by atoms with E-state index < -0.39 is 5.54 Å². The monoisotopic (exact) mass is 266 g/mol. The van der Waals surface area contributed by atoms with Crippen LogP contribution in [0.3, 0.4) is 0 Å². The predicted molar refractivity (Wildman–Crippen MR) is 72.5 cm³/mol. The van der Waals surface area contributed by atoms with Gasteiger partial charge in [-0.25, -0.2) is 4.98 Å². The summed E-state index contributed by atoms with van der Waals surface area (Å²) >= 11 is 1.50. The van der Waals surface area contributed by atoms with Crippen LogP contribution in [-0.4, -0.2) is 28.3 Å². The van der Waals surface area contributed by atoms with Crippen LogP contribution in [0.15, 0.2) is 22.2 Å².